The number of nitrogens with one attached hydrogen (secondary N) is 1. The van der Waals surface area contributed by atoms with E-state index in [1.807, 2.05) is 18.2 Å². The average molecular weight is 351 g/mol. The molecule has 1 aliphatic rings. The van der Waals surface area contributed by atoms with Gasteiger partial charge in [-0.2, -0.15) is 5.26 Å². The van der Waals surface area contributed by atoms with Crippen LogP contribution in [0, 0.1) is 11.3 Å². The van der Waals surface area contributed by atoms with Crippen molar-refractivity contribution < 1.29 is 14.6 Å². The quantitative estimate of drug-likeness (QED) is 0.830. The van der Waals surface area contributed by atoms with E-state index in [-0.39, 0.29) is 6.10 Å². The highest BCUT2D eigenvalue weighted by atomic mass is 16.5. The first kappa shape index (κ1) is 17.9. The lowest BCUT2D eigenvalue weighted by Crippen LogP contribution is -2.36. The van der Waals surface area contributed by atoms with E-state index in [0.29, 0.717) is 23.0 Å². The number of benzene rings is 1. The van der Waals surface area contributed by atoms with Gasteiger partial charge in [0.2, 0.25) is 5.88 Å². The van der Waals surface area contributed by atoms with E-state index in [9.17, 15) is 4.79 Å². The number of rotatable bonds is 6. The summed E-state index contributed by atoms with van der Waals surface area (Å²) < 4.78 is 5.90. The number of carboxylic acids is 1. The molecule has 0 saturated heterocycles. The van der Waals surface area contributed by atoms with Crippen LogP contribution in [0.25, 0.3) is 0 Å². The third-order valence-electron chi connectivity index (χ3n) is 4.62. The van der Waals surface area contributed by atoms with Crippen molar-refractivity contribution in [1.82, 2.24) is 10.3 Å². The molecule has 0 spiro atoms. The van der Waals surface area contributed by atoms with Gasteiger partial charge in [0.1, 0.15) is 12.2 Å². The molecule has 1 fully saturated rings. The van der Waals surface area contributed by atoms with Crippen LogP contribution in [0.4, 0.5) is 0 Å². The zero-order valence-electron chi connectivity index (χ0n) is 14.4. The second-order valence-corrected chi connectivity index (χ2v) is 6.47. The lowest BCUT2D eigenvalue weighted by molar-refractivity contribution is 0.0697. The van der Waals surface area contributed by atoms with Crippen molar-refractivity contribution in [3.05, 3.63) is 59.3 Å². The molecule has 6 nitrogen and oxygen atoms in total. The van der Waals surface area contributed by atoms with E-state index in [0.717, 1.165) is 37.8 Å². The van der Waals surface area contributed by atoms with E-state index in [2.05, 4.69) is 10.3 Å². The van der Waals surface area contributed by atoms with Crippen LogP contribution in [-0.2, 0) is 6.54 Å². The molecule has 0 radical (unpaired) electrons. The van der Waals surface area contributed by atoms with Crippen LogP contribution in [-0.4, -0.2) is 28.2 Å². The third kappa shape index (κ3) is 4.80. The number of pyridine rings is 1. The van der Waals surface area contributed by atoms with E-state index in [1.54, 1.807) is 24.3 Å². The number of carboxylic acid groups (broad SMARTS) is 1. The Morgan fingerprint density at radius 1 is 1.19 bits per heavy atom. The summed E-state index contributed by atoms with van der Waals surface area (Å²) in [4.78, 5) is 15.0. The molecular weight excluding hydrogens is 330 g/mol. The number of hydrogen-bond acceptors (Lipinski definition) is 5. The first-order valence-electron chi connectivity index (χ1n) is 8.72. The van der Waals surface area contributed by atoms with Crippen LogP contribution < -0.4 is 10.1 Å². The zero-order valence-corrected chi connectivity index (χ0v) is 14.4. The molecule has 0 aliphatic heterocycles. The van der Waals surface area contributed by atoms with Crippen LogP contribution in [0.3, 0.4) is 0 Å². The molecular formula is C20H21N3O3. The topological polar surface area (TPSA) is 95.2 Å². The Morgan fingerprint density at radius 2 is 1.92 bits per heavy atom. The van der Waals surface area contributed by atoms with E-state index < -0.39 is 5.97 Å². The molecule has 1 aliphatic carbocycles. The summed E-state index contributed by atoms with van der Waals surface area (Å²) in [7, 11) is 0. The van der Waals surface area contributed by atoms with E-state index >= 15 is 0 Å². The summed E-state index contributed by atoms with van der Waals surface area (Å²) >= 11 is 0. The summed E-state index contributed by atoms with van der Waals surface area (Å²) in [5, 5.41) is 21.2. The molecule has 0 bridgehead atoms. The Labute approximate surface area is 152 Å². The normalized spacial score (nSPS) is 19.5. The Morgan fingerprint density at radius 3 is 2.50 bits per heavy atom. The minimum atomic E-state index is -0.903. The number of aromatic nitrogens is 1. The van der Waals surface area contributed by atoms with Crippen LogP contribution in [0.2, 0.25) is 0 Å². The minimum Gasteiger partial charge on any atom is -0.478 e. The summed E-state index contributed by atoms with van der Waals surface area (Å²) in [5.41, 5.74) is 1.92. The predicted molar refractivity (Wildman–Crippen MR) is 95.9 cm³/mol. The fraction of sp³-hybridized carbons (Fsp3) is 0.350. The summed E-state index contributed by atoms with van der Waals surface area (Å²) in [6.07, 6.45) is 5.64. The number of nitrogens with zero attached hydrogens (tertiary/aromatic N) is 2. The van der Waals surface area contributed by atoms with Crippen LogP contribution in [0.1, 0.15) is 47.2 Å². The molecule has 3 rings (SSSR count). The van der Waals surface area contributed by atoms with Gasteiger partial charge in [-0.1, -0.05) is 12.1 Å². The number of ether oxygens (including phenoxy) is 1. The van der Waals surface area contributed by atoms with Crippen molar-refractivity contribution in [2.24, 2.45) is 0 Å². The summed E-state index contributed by atoms with van der Waals surface area (Å²) in [6, 6.07) is 12.9. The van der Waals surface area contributed by atoms with Crippen molar-refractivity contribution in [3.63, 3.8) is 0 Å². The molecule has 1 saturated carbocycles. The van der Waals surface area contributed by atoms with Gasteiger partial charge in [-0.3, -0.25) is 0 Å². The van der Waals surface area contributed by atoms with Gasteiger partial charge in [0.05, 0.1) is 11.1 Å². The smallest absolute Gasteiger partial charge is 0.335 e. The Hall–Kier alpha value is -2.91. The van der Waals surface area contributed by atoms with Gasteiger partial charge < -0.3 is 15.2 Å². The minimum absolute atomic E-state index is 0.156. The number of carbonyl (C=O) groups is 1. The van der Waals surface area contributed by atoms with Gasteiger partial charge in [-0.15, -0.1) is 0 Å². The monoisotopic (exact) mass is 351 g/mol. The molecule has 0 atom stereocenters. The van der Waals surface area contributed by atoms with Crippen LogP contribution in [0.5, 0.6) is 5.88 Å². The fourth-order valence-corrected chi connectivity index (χ4v) is 3.10. The van der Waals surface area contributed by atoms with Crippen molar-refractivity contribution in [1.29, 1.82) is 5.26 Å². The lowest BCUT2D eigenvalue weighted by Gasteiger charge is -2.29. The largest absolute Gasteiger partial charge is 0.478 e. The standard InChI is InChI=1S/C20H21N3O3/c21-11-15-3-10-19(23-13-15)26-18-8-6-17(7-9-18)22-12-14-1-4-16(5-2-14)20(24)25/h1-5,10,13,17-18,22H,6-9,12H2,(H,24,25). The fourth-order valence-electron chi connectivity index (χ4n) is 3.10. The number of aromatic carboxylic acids is 1. The Balaban J connectivity index is 1.42. The summed E-state index contributed by atoms with van der Waals surface area (Å²) in [6.45, 7) is 0.729. The van der Waals surface area contributed by atoms with Crippen LogP contribution in [0.15, 0.2) is 42.6 Å². The highest BCUT2D eigenvalue weighted by Crippen LogP contribution is 2.23. The van der Waals surface area contributed by atoms with Gasteiger partial charge in [-0.05, 0) is 49.4 Å². The maximum Gasteiger partial charge on any atom is 0.335 e. The maximum atomic E-state index is 10.9. The summed E-state index contributed by atoms with van der Waals surface area (Å²) in [5.74, 6) is -0.335. The van der Waals surface area contributed by atoms with Crippen molar-refractivity contribution in [2.75, 3.05) is 0 Å². The van der Waals surface area contributed by atoms with Crippen LogP contribution >= 0.6 is 0 Å². The molecule has 1 aromatic heterocycles. The third-order valence-corrected chi connectivity index (χ3v) is 4.62. The molecule has 134 valence electrons. The average Bonchev–Trinajstić information content (AvgIpc) is 2.68. The second-order valence-electron chi connectivity index (χ2n) is 6.47. The zero-order chi connectivity index (χ0) is 18.4. The number of hydrogen-bond donors (Lipinski definition) is 2. The molecule has 2 aromatic rings. The van der Waals surface area contributed by atoms with E-state index in [4.69, 9.17) is 15.1 Å². The van der Waals surface area contributed by atoms with E-state index in [1.165, 1.54) is 6.20 Å². The maximum absolute atomic E-state index is 10.9. The van der Waals surface area contributed by atoms with Crippen molar-refractivity contribution in [2.45, 2.75) is 44.4 Å². The molecule has 26 heavy (non-hydrogen) atoms. The van der Waals surface area contributed by atoms with Gasteiger partial charge in [0.25, 0.3) is 0 Å². The Bertz CT molecular complexity index is 773. The van der Waals surface area contributed by atoms with Gasteiger partial charge in [0.15, 0.2) is 0 Å². The molecule has 6 heteroatoms. The van der Waals surface area contributed by atoms with Crippen molar-refractivity contribution in [3.8, 4) is 11.9 Å². The highest BCUT2D eigenvalue weighted by molar-refractivity contribution is 5.87. The predicted octanol–water partition coefficient (Wildman–Crippen LogP) is 3.13. The van der Waals surface area contributed by atoms with Gasteiger partial charge >= 0.3 is 5.97 Å². The molecule has 1 heterocycles. The Kier molecular flexibility index (Phi) is 5.82. The highest BCUT2D eigenvalue weighted by Gasteiger charge is 2.22. The van der Waals surface area contributed by atoms with Crippen molar-refractivity contribution >= 4 is 5.97 Å². The lowest BCUT2D eigenvalue weighted by atomic mass is 9.93. The first-order valence-corrected chi connectivity index (χ1v) is 8.72. The molecule has 2 N–H and O–H groups in total. The van der Waals surface area contributed by atoms with Gasteiger partial charge in [-0.25, -0.2) is 9.78 Å². The van der Waals surface area contributed by atoms with Gasteiger partial charge in [0, 0.05) is 24.8 Å². The number of nitriles is 1. The molecule has 0 unspecified atom stereocenters. The molecule has 1 aromatic carbocycles. The molecule has 0 amide bonds. The first-order chi connectivity index (χ1) is 12.6. The SMILES string of the molecule is N#Cc1ccc(OC2CCC(NCc3ccc(C(=O)O)cc3)CC2)nc1. The second kappa shape index (κ2) is 8.45.